The van der Waals surface area contributed by atoms with E-state index >= 15 is 0 Å². The van der Waals surface area contributed by atoms with Crippen LogP contribution in [0.15, 0.2) is 79.3 Å². The van der Waals surface area contributed by atoms with Crippen molar-refractivity contribution in [3.8, 4) is 11.1 Å². The van der Waals surface area contributed by atoms with Gasteiger partial charge in [-0.2, -0.15) is 5.10 Å². The fourth-order valence-electron chi connectivity index (χ4n) is 2.80. The number of hydrogen-bond donors (Lipinski definition) is 1. The summed E-state index contributed by atoms with van der Waals surface area (Å²) in [6.45, 7) is 2.40. The molecule has 0 amide bonds. The lowest BCUT2D eigenvalue weighted by Gasteiger charge is -2.03. The van der Waals surface area contributed by atoms with Crippen LogP contribution in [0.3, 0.4) is 0 Å². The van der Waals surface area contributed by atoms with Crippen LogP contribution in [0, 0.1) is 0 Å². The van der Waals surface area contributed by atoms with Gasteiger partial charge in [-0.1, -0.05) is 74.1 Å². The Labute approximate surface area is 160 Å². The van der Waals surface area contributed by atoms with Gasteiger partial charge in [-0.15, -0.1) is 0 Å². The van der Waals surface area contributed by atoms with E-state index in [0.29, 0.717) is 6.61 Å². The molecule has 1 aliphatic rings. The first kappa shape index (κ1) is 18.8. The summed E-state index contributed by atoms with van der Waals surface area (Å²) in [4.78, 5) is 4.63. The summed E-state index contributed by atoms with van der Waals surface area (Å²) >= 11 is 0. The van der Waals surface area contributed by atoms with Crippen LogP contribution in [0.1, 0.15) is 31.7 Å². The van der Waals surface area contributed by atoms with E-state index in [1.54, 1.807) is 0 Å². The van der Waals surface area contributed by atoms with Crippen molar-refractivity contribution in [2.75, 3.05) is 6.61 Å². The lowest BCUT2D eigenvalue weighted by molar-refractivity contribution is 0.287. The van der Waals surface area contributed by atoms with Gasteiger partial charge in [-0.3, -0.25) is 0 Å². The number of aliphatic hydroxyl groups excluding tert-OH is 1. The van der Waals surface area contributed by atoms with Crippen LogP contribution in [0.25, 0.3) is 22.3 Å². The van der Waals surface area contributed by atoms with Gasteiger partial charge in [0.05, 0.1) is 6.20 Å². The van der Waals surface area contributed by atoms with E-state index in [-0.39, 0.29) is 0 Å². The Morgan fingerprint density at radius 1 is 1.07 bits per heavy atom. The third-order valence-corrected chi connectivity index (χ3v) is 4.28. The number of fused-ring (bicyclic) bond motifs is 1. The molecule has 0 atom stereocenters. The average Bonchev–Trinajstić information content (AvgIpc) is 2.95. The van der Waals surface area contributed by atoms with Crippen LogP contribution in [0.5, 0.6) is 0 Å². The monoisotopic (exact) mass is 359 g/mol. The topological polar surface area (TPSA) is 50.4 Å². The zero-order valence-electron chi connectivity index (χ0n) is 15.6. The number of nitrogens with zero attached hydrogens (tertiary/aromatic N) is 3. The van der Waals surface area contributed by atoms with Crippen LogP contribution >= 0.6 is 0 Å². The molecule has 1 aliphatic carbocycles. The molecular weight excluding hydrogens is 334 g/mol. The summed E-state index contributed by atoms with van der Waals surface area (Å²) in [7, 11) is 0. The SMILES string of the molecule is C1=CCC=C(c2cnn3cc(-c4ccccc4)cnc23)C=C1.CCCCO. The van der Waals surface area contributed by atoms with E-state index in [9.17, 15) is 0 Å². The molecule has 2 heterocycles. The second-order valence-corrected chi connectivity index (χ2v) is 6.29. The normalized spacial score (nSPS) is 13.0. The van der Waals surface area contributed by atoms with Gasteiger partial charge in [0, 0.05) is 30.1 Å². The third-order valence-electron chi connectivity index (χ3n) is 4.28. The number of rotatable bonds is 4. The summed E-state index contributed by atoms with van der Waals surface area (Å²) in [5.74, 6) is 0. The molecule has 0 saturated heterocycles. The summed E-state index contributed by atoms with van der Waals surface area (Å²) in [6.07, 6.45) is 19.4. The predicted octanol–water partition coefficient (Wildman–Crippen LogP) is 5.07. The van der Waals surface area contributed by atoms with Gasteiger partial charge in [-0.05, 0) is 24.0 Å². The van der Waals surface area contributed by atoms with Gasteiger partial charge < -0.3 is 5.11 Å². The molecule has 27 heavy (non-hydrogen) atoms. The number of aliphatic hydroxyl groups is 1. The van der Waals surface area contributed by atoms with Crippen molar-refractivity contribution in [1.29, 1.82) is 0 Å². The average molecular weight is 359 g/mol. The van der Waals surface area contributed by atoms with Crippen molar-refractivity contribution in [1.82, 2.24) is 14.6 Å². The van der Waals surface area contributed by atoms with Gasteiger partial charge in [-0.25, -0.2) is 9.50 Å². The third kappa shape index (κ3) is 4.80. The highest BCUT2D eigenvalue weighted by Gasteiger charge is 2.10. The fraction of sp³-hybridized carbons (Fsp3) is 0.217. The lowest BCUT2D eigenvalue weighted by Crippen LogP contribution is -1.92. The summed E-state index contributed by atoms with van der Waals surface area (Å²) in [6, 6.07) is 10.2. The molecule has 4 rings (SSSR count). The zero-order valence-corrected chi connectivity index (χ0v) is 15.6. The van der Waals surface area contributed by atoms with Crippen molar-refractivity contribution in [3.63, 3.8) is 0 Å². The van der Waals surface area contributed by atoms with Crippen LogP contribution < -0.4 is 0 Å². The Bertz CT molecular complexity index is 950. The maximum Gasteiger partial charge on any atom is 0.162 e. The first-order valence-corrected chi connectivity index (χ1v) is 9.37. The van der Waals surface area contributed by atoms with Gasteiger partial charge in [0.1, 0.15) is 0 Å². The number of unbranched alkanes of at least 4 members (excludes halogenated alkanes) is 1. The van der Waals surface area contributed by atoms with Gasteiger partial charge >= 0.3 is 0 Å². The van der Waals surface area contributed by atoms with E-state index in [4.69, 9.17) is 5.11 Å². The van der Waals surface area contributed by atoms with E-state index in [1.807, 2.05) is 41.3 Å². The molecule has 0 aliphatic heterocycles. The molecule has 138 valence electrons. The first-order chi connectivity index (χ1) is 13.3. The molecule has 0 fully saturated rings. The molecule has 0 saturated carbocycles. The molecule has 0 radical (unpaired) electrons. The summed E-state index contributed by atoms with van der Waals surface area (Å²) < 4.78 is 1.85. The molecular formula is C23H25N3O. The van der Waals surface area contributed by atoms with E-state index in [2.05, 4.69) is 59.5 Å². The standard InChI is InChI=1S/C19H15N3.C4H10O/c1-2-5-11-16(10-4-1)18-13-21-22-14-17(12-20-19(18)22)15-8-6-3-7-9-15;1-2-3-4-5/h1-4,6-14H,5H2;5H,2-4H2,1H3. The highest BCUT2D eigenvalue weighted by atomic mass is 16.2. The molecule has 0 unspecified atom stereocenters. The number of allylic oxidation sites excluding steroid dienone is 6. The van der Waals surface area contributed by atoms with Gasteiger partial charge in [0.2, 0.25) is 0 Å². The van der Waals surface area contributed by atoms with Crippen LogP contribution in [0.4, 0.5) is 0 Å². The minimum absolute atomic E-state index is 0.344. The quantitative estimate of drug-likeness (QED) is 0.707. The molecule has 1 aromatic carbocycles. The minimum Gasteiger partial charge on any atom is -0.396 e. The Balaban J connectivity index is 0.000000376. The molecule has 1 N–H and O–H groups in total. The Morgan fingerprint density at radius 3 is 2.67 bits per heavy atom. The van der Waals surface area contributed by atoms with Crippen molar-refractivity contribution < 1.29 is 5.11 Å². The number of hydrogen-bond acceptors (Lipinski definition) is 3. The molecule has 4 heteroatoms. The van der Waals surface area contributed by atoms with Crippen molar-refractivity contribution in [2.45, 2.75) is 26.2 Å². The lowest BCUT2D eigenvalue weighted by atomic mass is 10.1. The molecule has 0 spiro atoms. The first-order valence-electron chi connectivity index (χ1n) is 9.37. The maximum atomic E-state index is 8.07. The second-order valence-electron chi connectivity index (χ2n) is 6.29. The second kappa shape index (κ2) is 9.64. The van der Waals surface area contributed by atoms with E-state index < -0.39 is 0 Å². The largest absolute Gasteiger partial charge is 0.396 e. The molecule has 3 aromatic rings. The summed E-state index contributed by atoms with van der Waals surface area (Å²) in [5, 5.41) is 12.5. The Kier molecular flexibility index (Phi) is 6.72. The summed E-state index contributed by atoms with van der Waals surface area (Å²) in [5.41, 5.74) is 5.33. The maximum absolute atomic E-state index is 8.07. The molecule has 4 nitrogen and oxygen atoms in total. The molecule has 0 bridgehead atoms. The van der Waals surface area contributed by atoms with E-state index in [1.165, 1.54) is 5.57 Å². The minimum atomic E-state index is 0.344. The fourth-order valence-corrected chi connectivity index (χ4v) is 2.80. The van der Waals surface area contributed by atoms with Crippen LogP contribution in [-0.4, -0.2) is 26.3 Å². The van der Waals surface area contributed by atoms with Crippen molar-refractivity contribution in [2.24, 2.45) is 0 Å². The highest BCUT2D eigenvalue weighted by molar-refractivity contribution is 5.82. The van der Waals surface area contributed by atoms with Gasteiger partial charge in [0.25, 0.3) is 0 Å². The zero-order chi connectivity index (χ0) is 18.9. The predicted molar refractivity (Wildman–Crippen MR) is 111 cm³/mol. The van der Waals surface area contributed by atoms with Gasteiger partial charge in [0.15, 0.2) is 5.65 Å². The molecule has 2 aromatic heterocycles. The van der Waals surface area contributed by atoms with Crippen molar-refractivity contribution in [3.05, 3.63) is 84.9 Å². The van der Waals surface area contributed by atoms with Crippen molar-refractivity contribution >= 4 is 11.2 Å². The Hall–Kier alpha value is -2.98. The Morgan fingerprint density at radius 2 is 1.93 bits per heavy atom. The number of benzene rings is 1. The number of aromatic nitrogens is 3. The smallest absolute Gasteiger partial charge is 0.162 e. The van der Waals surface area contributed by atoms with E-state index in [0.717, 1.165) is 41.6 Å². The van der Waals surface area contributed by atoms with Crippen LogP contribution in [0.2, 0.25) is 0 Å². The van der Waals surface area contributed by atoms with Crippen LogP contribution in [-0.2, 0) is 0 Å². The highest BCUT2D eigenvalue weighted by Crippen LogP contribution is 2.24.